The van der Waals surface area contributed by atoms with Gasteiger partial charge in [-0.15, -0.1) is 24.8 Å². The number of aliphatic hydroxyl groups is 4. The highest BCUT2D eigenvalue weighted by Crippen LogP contribution is 2.22. The van der Waals surface area contributed by atoms with Crippen LogP contribution in [-0.4, -0.2) is 113 Å². The zero-order valence-corrected chi connectivity index (χ0v) is 59.9. The number of fused-ring (bicyclic) bond motifs is 2. The van der Waals surface area contributed by atoms with Crippen molar-refractivity contribution in [3.8, 4) is 0 Å². The van der Waals surface area contributed by atoms with Crippen molar-refractivity contribution in [1.29, 1.82) is 0 Å². The van der Waals surface area contributed by atoms with E-state index in [1.165, 1.54) is 21.9 Å². The molecule has 0 aliphatic heterocycles. The first kappa shape index (κ1) is 86.5. The third-order valence-corrected chi connectivity index (χ3v) is 14.7. The summed E-state index contributed by atoms with van der Waals surface area (Å²) < 4.78 is 10.2. The maximum atomic E-state index is 12.2. The fourth-order valence-electron chi connectivity index (χ4n) is 9.15. The molecule has 0 bridgehead atoms. The normalized spacial score (nSPS) is 13.2. The first-order valence-electron chi connectivity index (χ1n) is 32.6. The van der Waals surface area contributed by atoms with Gasteiger partial charge in [0.05, 0.1) is 0 Å². The van der Waals surface area contributed by atoms with Gasteiger partial charge in [-0.3, -0.25) is 24.4 Å². The van der Waals surface area contributed by atoms with E-state index < -0.39 is 53.8 Å². The summed E-state index contributed by atoms with van der Waals surface area (Å²) in [4.78, 5) is 77.5. The fraction of sp³-hybridized carbons (Fsp3) is 0.377. The average molecular weight is 1400 g/mol. The Bertz CT molecular complexity index is 3520. The third kappa shape index (κ3) is 34.7. The number of aliphatic carboxylic acids is 1. The van der Waals surface area contributed by atoms with Gasteiger partial charge in [0.2, 0.25) is 0 Å². The predicted molar refractivity (Wildman–Crippen MR) is 393 cm³/mol. The largest absolute Gasteiger partial charge is 0.479 e. The lowest BCUT2D eigenvalue weighted by atomic mass is 10.0. The molecule has 8 atom stereocenters. The van der Waals surface area contributed by atoms with Gasteiger partial charge >= 0.3 is 18.2 Å². The number of benzene rings is 6. The van der Waals surface area contributed by atoms with Crippen molar-refractivity contribution in [1.82, 2.24) is 31.2 Å². The molecule has 20 nitrogen and oxygen atoms in total. The Morgan fingerprint density at radius 2 is 0.727 bits per heavy atom. The van der Waals surface area contributed by atoms with E-state index in [0.717, 1.165) is 23.9 Å². The molecule has 22 heteroatoms. The van der Waals surface area contributed by atoms with Crippen LogP contribution in [0.2, 0.25) is 0 Å². The average Bonchev–Trinajstić information content (AvgIpc) is 0.864. The van der Waals surface area contributed by atoms with Gasteiger partial charge in [-0.2, -0.15) is 0 Å². The number of Topliss-reactive ketones (excluding diaryl/α,β-unsaturated/α-hetero) is 3. The number of ketones is 3. The summed E-state index contributed by atoms with van der Waals surface area (Å²) in [6.45, 7) is 20.5. The number of carboxylic acid groups (broad SMARTS) is 1. The molecule has 536 valence electrons. The number of aliphatic hydroxyl groups excluding tert-OH is 4. The van der Waals surface area contributed by atoms with Gasteiger partial charge in [0.1, 0.15) is 29.5 Å². The molecule has 0 unspecified atom stereocenters. The monoisotopic (exact) mass is 1400 g/mol. The highest BCUT2D eigenvalue weighted by atomic mass is 35.5. The zero-order valence-electron chi connectivity index (χ0n) is 58.2. The number of carboxylic acids is 1. The number of ether oxygens (including phenoxy) is 2. The van der Waals surface area contributed by atoms with E-state index in [9.17, 15) is 44.1 Å². The minimum atomic E-state index is -1.41. The quantitative estimate of drug-likeness (QED) is 0.0241. The molecule has 0 aliphatic carbocycles. The van der Waals surface area contributed by atoms with Crippen molar-refractivity contribution < 1.29 is 63.8 Å². The second kappa shape index (κ2) is 45.2. The highest BCUT2D eigenvalue weighted by molar-refractivity contribution is 5.86. The molecule has 6 aromatic carbocycles. The van der Waals surface area contributed by atoms with Gasteiger partial charge in [-0.1, -0.05) is 146 Å². The molecule has 0 saturated heterocycles. The Labute approximate surface area is 594 Å². The van der Waals surface area contributed by atoms with Crippen molar-refractivity contribution in [2.24, 2.45) is 5.73 Å². The number of nitrogens with zero attached hydrogens (tertiary/aromatic N) is 2. The number of hydrogen-bond acceptors (Lipinski definition) is 17. The second-order valence-corrected chi connectivity index (χ2v) is 25.6. The Morgan fingerprint density at radius 1 is 0.424 bits per heavy atom. The Kier molecular flexibility index (Phi) is 39.5. The second-order valence-electron chi connectivity index (χ2n) is 25.6. The van der Waals surface area contributed by atoms with E-state index in [1.807, 2.05) is 94.7 Å². The standard InChI is InChI=1S/2C22H24N2O2.C17H25NO4.C8H18N2O2.C8H8O3.2ClH/c2*1-16(7-10-21(25)22(26)18-5-3-2-4-6-18)24-14-17-8-9-20-15-23-12-11-19(20)13-17;1-12(18-16(21)22-17(2,3)4)10-11-14(19)15(20)13-8-6-5-7-9-13;1-6(5-9)10-7(11)12-8(2,3)4;9-7(8(10)11)6-4-2-1-3-5-6;;/h2*2-6,8-9,11-13,15-16,22,24,26H,7,10,14H2,1H3;5-9,12,15,20H,10-11H2,1-4H3,(H,18,21);6H,5,9H2,1-4H3,(H,10,11);1-5,7,9H,(H,10,11);2*1H/t2*16-,22+;12-,15+;6-;7-;;/m11110../s1. The van der Waals surface area contributed by atoms with Gasteiger partial charge in [-0.25, -0.2) is 14.4 Å². The van der Waals surface area contributed by atoms with Crippen LogP contribution < -0.4 is 27.0 Å². The summed E-state index contributed by atoms with van der Waals surface area (Å²) in [5.41, 5.74) is 9.01. The van der Waals surface area contributed by atoms with Gasteiger partial charge in [0.15, 0.2) is 23.5 Å². The molecule has 2 aromatic heterocycles. The lowest BCUT2D eigenvalue weighted by Gasteiger charge is -2.22. The molecule has 0 fully saturated rings. The number of halogens is 2. The van der Waals surface area contributed by atoms with Crippen LogP contribution >= 0.6 is 24.8 Å². The van der Waals surface area contributed by atoms with Crippen LogP contribution in [0.5, 0.6) is 0 Å². The zero-order chi connectivity index (χ0) is 71.5. The van der Waals surface area contributed by atoms with Crippen LogP contribution in [0.1, 0.15) is 166 Å². The molecule has 0 aliphatic rings. The van der Waals surface area contributed by atoms with Gasteiger partial charge in [-0.05, 0) is 157 Å². The Morgan fingerprint density at radius 3 is 1.03 bits per heavy atom. The van der Waals surface area contributed by atoms with Crippen LogP contribution in [0.3, 0.4) is 0 Å². The number of nitrogens with one attached hydrogen (secondary N) is 4. The molecule has 8 rings (SSSR count). The summed E-state index contributed by atoms with van der Waals surface area (Å²) in [7, 11) is 0. The summed E-state index contributed by atoms with van der Waals surface area (Å²) in [5.74, 6) is -1.76. The fourth-order valence-corrected chi connectivity index (χ4v) is 9.15. The van der Waals surface area contributed by atoms with Crippen LogP contribution in [-0.2, 0) is 41.7 Å². The van der Waals surface area contributed by atoms with Crippen LogP contribution in [0.25, 0.3) is 21.5 Å². The number of nitrogens with two attached hydrogens (primary N) is 1. The third-order valence-electron chi connectivity index (χ3n) is 14.7. The minimum absolute atomic E-state index is 0. The van der Waals surface area contributed by atoms with Crippen molar-refractivity contribution in [2.75, 3.05) is 6.54 Å². The number of rotatable bonds is 26. The molecular formula is C77H101Cl2N7O13. The number of carbonyl (C=O) groups excluding carboxylic acids is 5. The van der Waals surface area contributed by atoms with Crippen LogP contribution in [0.15, 0.2) is 195 Å². The number of carbonyl (C=O) groups is 6. The lowest BCUT2D eigenvalue weighted by molar-refractivity contribution is -0.147. The van der Waals surface area contributed by atoms with E-state index in [2.05, 4.69) is 81.5 Å². The molecule has 2 heterocycles. The molecule has 2 amide bonds. The lowest BCUT2D eigenvalue weighted by Crippen LogP contribution is -2.41. The van der Waals surface area contributed by atoms with Gasteiger partial charge < -0.3 is 62.0 Å². The number of hydrogen-bond donors (Lipinski definition) is 10. The Hall–Kier alpha value is -8.54. The molecule has 0 spiro atoms. The molecule has 11 N–H and O–H groups in total. The van der Waals surface area contributed by atoms with E-state index >= 15 is 0 Å². The summed E-state index contributed by atoms with van der Waals surface area (Å²) in [6.07, 6.45) is 4.55. The summed E-state index contributed by atoms with van der Waals surface area (Å²) in [6, 6.07) is 52.0. The molecular weight excluding hydrogens is 1300 g/mol. The van der Waals surface area contributed by atoms with Crippen molar-refractivity contribution in [2.45, 2.75) is 181 Å². The van der Waals surface area contributed by atoms with E-state index in [4.69, 9.17) is 25.4 Å². The van der Waals surface area contributed by atoms with Crippen molar-refractivity contribution in [3.05, 3.63) is 228 Å². The molecule has 0 radical (unpaired) electrons. The maximum absolute atomic E-state index is 12.2. The highest BCUT2D eigenvalue weighted by Gasteiger charge is 2.23. The van der Waals surface area contributed by atoms with E-state index in [0.29, 0.717) is 60.9 Å². The summed E-state index contributed by atoms with van der Waals surface area (Å²) in [5, 5.41) is 64.4. The molecule has 99 heavy (non-hydrogen) atoms. The number of amides is 2. The topological polar surface area (TPSA) is 322 Å². The van der Waals surface area contributed by atoms with Crippen LogP contribution in [0.4, 0.5) is 9.59 Å². The van der Waals surface area contributed by atoms with E-state index in [-0.39, 0.29) is 72.8 Å². The maximum Gasteiger partial charge on any atom is 0.407 e. The molecule has 8 aromatic rings. The van der Waals surface area contributed by atoms with Crippen molar-refractivity contribution in [3.63, 3.8) is 0 Å². The minimum Gasteiger partial charge on any atom is -0.479 e. The first-order chi connectivity index (χ1) is 46.0. The SMILES string of the molecule is C[C@H](CCC(=O)[C@@H](O)c1ccccc1)NC(=O)OC(C)(C)C.C[C@H](CCC(=O)[C@@H](O)c1ccccc1)NCc1ccc2cnccc2c1.C[C@H](CCC(=O)[C@@H](O)c1ccccc1)NCc1ccc2cnccc2c1.C[C@H](CN)NC(=O)OC(C)(C)C.Cl.Cl.O=C(O)[C@@H](O)c1ccccc1. The number of aromatic nitrogens is 2. The van der Waals surface area contributed by atoms with Crippen LogP contribution in [0, 0.1) is 0 Å². The first-order valence-corrected chi connectivity index (χ1v) is 32.6. The van der Waals surface area contributed by atoms with Gasteiger partial charge in [0.25, 0.3) is 0 Å². The predicted octanol–water partition coefficient (Wildman–Crippen LogP) is 13.1. The van der Waals surface area contributed by atoms with Crippen molar-refractivity contribution >= 4 is 81.9 Å². The number of alkyl carbamates (subject to hydrolysis) is 2. The molecule has 0 saturated carbocycles. The number of pyridine rings is 2. The smallest absolute Gasteiger partial charge is 0.407 e. The van der Waals surface area contributed by atoms with Gasteiger partial charge in [0, 0.05) is 98.6 Å². The Balaban J connectivity index is 0.000000435. The summed E-state index contributed by atoms with van der Waals surface area (Å²) >= 11 is 0. The van der Waals surface area contributed by atoms with E-state index in [1.54, 1.807) is 119 Å².